The predicted octanol–water partition coefficient (Wildman–Crippen LogP) is 2.79. The normalized spacial score (nSPS) is 11.2. The first kappa shape index (κ1) is 18.6. The summed E-state index contributed by atoms with van der Waals surface area (Å²) < 4.78 is 0. The van der Waals surface area contributed by atoms with E-state index in [4.69, 9.17) is 5.11 Å². The molecule has 0 amide bonds. The van der Waals surface area contributed by atoms with Gasteiger partial charge in [-0.15, -0.1) is 0 Å². The highest BCUT2D eigenvalue weighted by Crippen LogP contribution is 2.26. The van der Waals surface area contributed by atoms with Crippen LogP contribution in [0.15, 0.2) is 24.4 Å². The van der Waals surface area contributed by atoms with Gasteiger partial charge in [0.2, 0.25) is 0 Å². The van der Waals surface area contributed by atoms with Crippen molar-refractivity contribution in [3.63, 3.8) is 0 Å². The topological polar surface area (TPSA) is 91.2 Å². The van der Waals surface area contributed by atoms with E-state index < -0.39 is 5.97 Å². The lowest BCUT2D eigenvalue weighted by molar-refractivity contribution is -0.136. The summed E-state index contributed by atoms with van der Waals surface area (Å²) in [6, 6.07) is 5.72. The third kappa shape index (κ3) is 5.14. The first-order valence-electron chi connectivity index (χ1n) is 8.16. The van der Waals surface area contributed by atoms with Gasteiger partial charge in [-0.05, 0) is 12.1 Å². The minimum atomic E-state index is -0.849. The van der Waals surface area contributed by atoms with Crippen LogP contribution in [-0.4, -0.2) is 46.7 Å². The van der Waals surface area contributed by atoms with Crippen molar-refractivity contribution in [3.05, 3.63) is 30.1 Å². The van der Waals surface area contributed by atoms with Gasteiger partial charge in [0.05, 0.1) is 12.1 Å². The molecular weight excluding hydrogens is 318 g/mol. The maximum absolute atomic E-state index is 10.7. The molecule has 0 radical (unpaired) electrons. The Morgan fingerprint density at radius 2 is 1.96 bits per heavy atom. The van der Waals surface area contributed by atoms with Gasteiger partial charge in [-0.1, -0.05) is 20.8 Å². The average molecular weight is 343 g/mol. The second-order valence-electron chi connectivity index (χ2n) is 7.08. The van der Waals surface area contributed by atoms with Gasteiger partial charge in [-0.2, -0.15) is 0 Å². The Morgan fingerprint density at radius 3 is 2.56 bits per heavy atom. The van der Waals surface area contributed by atoms with E-state index in [0.717, 1.165) is 11.4 Å². The molecule has 7 nitrogen and oxygen atoms in total. The van der Waals surface area contributed by atoms with Crippen molar-refractivity contribution in [2.45, 2.75) is 32.6 Å². The molecule has 134 valence electrons. The SMILES string of the molecule is CN(C)c1ccnc(-c2nc(NCCC(=O)O)cc(C(C)(C)C)n2)c1. The predicted molar refractivity (Wildman–Crippen MR) is 99.0 cm³/mol. The standard InChI is InChI=1S/C18H25N5O2/c1-18(2,3)14-11-15(20-9-7-16(24)25)22-17(21-14)13-10-12(23(4)5)6-8-19-13/h6,8,10-11H,7,9H2,1-5H3,(H,24,25)(H,20,21,22). The molecule has 2 rings (SSSR count). The molecule has 0 bridgehead atoms. The van der Waals surface area contributed by atoms with Crippen molar-refractivity contribution in [1.82, 2.24) is 15.0 Å². The van der Waals surface area contributed by atoms with E-state index in [1.54, 1.807) is 6.20 Å². The number of pyridine rings is 1. The van der Waals surface area contributed by atoms with Crippen LogP contribution in [0.4, 0.5) is 11.5 Å². The number of carboxylic acid groups (broad SMARTS) is 1. The second-order valence-corrected chi connectivity index (χ2v) is 7.08. The molecule has 7 heteroatoms. The van der Waals surface area contributed by atoms with Gasteiger partial charge in [0, 0.05) is 44.0 Å². The Bertz CT molecular complexity index is 753. The Labute approximate surface area is 148 Å². The zero-order valence-corrected chi connectivity index (χ0v) is 15.4. The molecule has 2 N–H and O–H groups in total. The summed E-state index contributed by atoms with van der Waals surface area (Å²) in [5.74, 6) is 0.278. The van der Waals surface area contributed by atoms with E-state index in [-0.39, 0.29) is 11.8 Å². The number of hydrogen-bond donors (Lipinski definition) is 2. The lowest BCUT2D eigenvalue weighted by Gasteiger charge is -2.20. The van der Waals surface area contributed by atoms with Gasteiger partial charge in [0.1, 0.15) is 11.5 Å². The van der Waals surface area contributed by atoms with Crippen molar-refractivity contribution in [2.75, 3.05) is 30.9 Å². The smallest absolute Gasteiger partial charge is 0.305 e. The summed E-state index contributed by atoms with van der Waals surface area (Å²) >= 11 is 0. The van der Waals surface area contributed by atoms with Crippen molar-refractivity contribution in [1.29, 1.82) is 0 Å². The highest BCUT2D eigenvalue weighted by molar-refractivity contribution is 5.67. The highest BCUT2D eigenvalue weighted by Gasteiger charge is 2.19. The largest absolute Gasteiger partial charge is 0.481 e. The molecule has 0 fully saturated rings. The van der Waals surface area contributed by atoms with Crippen molar-refractivity contribution in [3.8, 4) is 11.5 Å². The van der Waals surface area contributed by atoms with Crippen LogP contribution in [0.1, 0.15) is 32.9 Å². The molecule has 0 aliphatic carbocycles. The van der Waals surface area contributed by atoms with Crippen LogP contribution in [-0.2, 0) is 10.2 Å². The molecule has 0 aromatic carbocycles. The maximum atomic E-state index is 10.7. The minimum absolute atomic E-state index is 0.0263. The van der Waals surface area contributed by atoms with Crippen LogP contribution < -0.4 is 10.2 Å². The monoisotopic (exact) mass is 343 g/mol. The van der Waals surface area contributed by atoms with Crippen LogP contribution in [0.2, 0.25) is 0 Å². The van der Waals surface area contributed by atoms with Gasteiger partial charge in [0.25, 0.3) is 0 Å². The molecule has 0 unspecified atom stereocenters. The van der Waals surface area contributed by atoms with Crippen LogP contribution >= 0.6 is 0 Å². The van der Waals surface area contributed by atoms with E-state index in [9.17, 15) is 4.79 Å². The molecule has 2 aromatic heterocycles. The number of nitrogens with one attached hydrogen (secondary N) is 1. The van der Waals surface area contributed by atoms with Gasteiger partial charge < -0.3 is 15.3 Å². The first-order valence-corrected chi connectivity index (χ1v) is 8.16. The van der Waals surface area contributed by atoms with Gasteiger partial charge in [0.15, 0.2) is 5.82 Å². The number of aliphatic carboxylic acids is 1. The third-order valence-electron chi connectivity index (χ3n) is 3.63. The number of carbonyl (C=O) groups is 1. The number of carboxylic acids is 1. The first-order chi connectivity index (χ1) is 11.7. The Hall–Kier alpha value is -2.70. The van der Waals surface area contributed by atoms with Crippen molar-refractivity contribution >= 4 is 17.5 Å². The Balaban J connectivity index is 2.42. The lowest BCUT2D eigenvalue weighted by atomic mass is 9.92. The number of nitrogens with zero attached hydrogens (tertiary/aromatic N) is 4. The Morgan fingerprint density at radius 1 is 1.24 bits per heavy atom. The molecule has 0 saturated carbocycles. The Kier molecular flexibility index (Phi) is 5.56. The third-order valence-corrected chi connectivity index (χ3v) is 3.63. The number of hydrogen-bond acceptors (Lipinski definition) is 6. The maximum Gasteiger partial charge on any atom is 0.305 e. The molecule has 2 heterocycles. The molecule has 0 spiro atoms. The molecule has 25 heavy (non-hydrogen) atoms. The summed E-state index contributed by atoms with van der Waals surface area (Å²) in [6.45, 7) is 6.53. The summed E-state index contributed by atoms with van der Waals surface area (Å²) in [5.41, 5.74) is 2.39. The highest BCUT2D eigenvalue weighted by atomic mass is 16.4. The summed E-state index contributed by atoms with van der Waals surface area (Å²) in [4.78, 5) is 26.3. The van der Waals surface area contributed by atoms with Crippen LogP contribution in [0.5, 0.6) is 0 Å². The molecular formula is C18H25N5O2. The van der Waals surface area contributed by atoms with E-state index in [1.807, 2.05) is 37.2 Å². The van der Waals surface area contributed by atoms with Crippen molar-refractivity contribution in [2.24, 2.45) is 0 Å². The zero-order valence-electron chi connectivity index (χ0n) is 15.4. The summed E-state index contributed by atoms with van der Waals surface area (Å²) in [5, 5.41) is 11.9. The quantitative estimate of drug-likeness (QED) is 0.833. The van der Waals surface area contributed by atoms with E-state index in [0.29, 0.717) is 23.9 Å². The summed E-state index contributed by atoms with van der Waals surface area (Å²) in [7, 11) is 3.93. The van der Waals surface area contributed by atoms with Crippen molar-refractivity contribution < 1.29 is 9.90 Å². The lowest BCUT2D eigenvalue weighted by Crippen LogP contribution is -2.17. The molecule has 2 aromatic rings. The van der Waals surface area contributed by atoms with Gasteiger partial charge in [-0.3, -0.25) is 9.78 Å². The minimum Gasteiger partial charge on any atom is -0.481 e. The fraction of sp³-hybridized carbons (Fsp3) is 0.444. The molecule has 0 aliphatic heterocycles. The molecule has 0 aliphatic rings. The second kappa shape index (κ2) is 7.46. The zero-order chi connectivity index (χ0) is 18.6. The van der Waals surface area contributed by atoms with Gasteiger partial charge >= 0.3 is 5.97 Å². The number of anilines is 2. The van der Waals surface area contributed by atoms with Gasteiger partial charge in [-0.25, -0.2) is 9.97 Å². The van der Waals surface area contributed by atoms with E-state index in [2.05, 4.69) is 41.0 Å². The van der Waals surface area contributed by atoms with Crippen LogP contribution in [0, 0.1) is 0 Å². The molecule has 0 saturated heterocycles. The summed E-state index contributed by atoms with van der Waals surface area (Å²) in [6.07, 6.45) is 1.76. The average Bonchev–Trinajstić information content (AvgIpc) is 2.53. The van der Waals surface area contributed by atoms with E-state index >= 15 is 0 Å². The fourth-order valence-electron chi connectivity index (χ4n) is 2.15. The fourth-order valence-corrected chi connectivity index (χ4v) is 2.15. The number of rotatable bonds is 6. The van der Waals surface area contributed by atoms with E-state index in [1.165, 1.54) is 0 Å². The number of aromatic nitrogens is 3. The van der Waals surface area contributed by atoms with Crippen LogP contribution in [0.3, 0.4) is 0 Å². The molecule has 0 atom stereocenters. The van der Waals surface area contributed by atoms with Crippen LogP contribution in [0.25, 0.3) is 11.5 Å².